The second-order valence-electron chi connectivity index (χ2n) is 6.42. The predicted molar refractivity (Wildman–Crippen MR) is 103 cm³/mol. The Balaban J connectivity index is 1.66. The number of hydrogen-bond donors (Lipinski definition) is 1. The first-order valence-electron chi connectivity index (χ1n) is 8.64. The molecule has 3 rings (SSSR count). The fourth-order valence-electron chi connectivity index (χ4n) is 2.69. The monoisotopic (exact) mass is 393 g/mol. The number of nitrogens with one attached hydrogen (secondary N) is 1. The van der Waals surface area contributed by atoms with E-state index in [0.717, 1.165) is 32.8 Å². The molecule has 1 aromatic heterocycles. The SMILES string of the molecule is Cc1nnc(SCC(=O)NC(c2ccc3c(c2)OCCCO3)C(C)C)s1. The quantitative estimate of drug-likeness (QED) is 0.756. The van der Waals surface area contributed by atoms with Gasteiger partial charge in [-0.25, -0.2) is 0 Å². The summed E-state index contributed by atoms with van der Waals surface area (Å²) >= 11 is 2.91. The minimum atomic E-state index is -0.0867. The smallest absolute Gasteiger partial charge is 0.230 e. The van der Waals surface area contributed by atoms with Crippen LogP contribution < -0.4 is 14.8 Å². The van der Waals surface area contributed by atoms with Gasteiger partial charge in [-0.1, -0.05) is 43.0 Å². The summed E-state index contributed by atoms with van der Waals surface area (Å²) in [4.78, 5) is 12.4. The highest BCUT2D eigenvalue weighted by atomic mass is 32.2. The summed E-state index contributed by atoms with van der Waals surface area (Å²) in [5, 5.41) is 12.0. The zero-order valence-electron chi connectivity index (χ0n) is 15.2. The summed E-state index contributed by atoms with van der Waals surface area (Å²) in [6.45, 7) is 7.40. The van der Waals surface area contributed by atoms with Gasteiger partial charge < -0.3 is 14.8 Å². The average molecular weight is 394 g/mol. The highest BCUT2D eigenvalue weighted by molar-refractivity contribution is 8.01. The van der Waals surface area contributed by atoms with Crippen LogP contribution in [0.3, 0.4) is 0 Å². The first kappa shape index (κ1) is 19.0. The van der Waals surface area contributed by atoms with Crippen molar-refractivity contribution in [3.8, 4) is 11.5 Å². The molecule has 0 aliphatic carbocycles. The lowest BCUT2D eigenvalue weighted by Gasteiger charge is -2.23. The Morgan fingerprint density at radius 1 is 1.27 bits per heavy atom. The van der Waals surface area contributed by atoms with Crippen LogP contribution in [0.5, 0.6) is 11.5 Å². The number of rotatable bonds is 6. The van der Waals surface area contributed by atoms with Crippen LogP contribution in [0.4, 0.5) is 0 Å². The molecule has 1 atom stereocenters. The molecule has 140 valence electrons. The zero-order chi connectivity index (χ0) is 18.5. The van der Waals surface area contributed by atoms with Crippen molar-refractivity contribution in [2.75, 3.05) is 19.0 Å². The van der Waals surface area contributed by atoms with E-state index < -0.39 is 0 Å². The molecule has 1 amide bonds. The molecule has 8 heteroatoms. The number of hydrogen-bond acceptors (Lipinski definition) is 7. The maximum Gasteiger partial charge on any atom is 0.230 e. The van der Waals surface area contributed by atoms with Crippen LogP contribution in [0.25, 0.3) is 0 Å². The lowest BCUT2D eigenvalue weighted by atomic mass is 9.95. The van der Waals surface area contributed by atoms with Crippen molar-refractivity contribution < 1.29 is 14.3 Å². The number of aromatic nitrogens is 2. The Bertz CT molecular complexity index is 764. The van der Waals surface area contributed by atoms with Crippen LogP contribution >= 0.6 is 23.1 Å². The normalized spacial score (nSPS) is 14.8. The van der Waals surface area contributed by atoms with E-state index in [-0.39, 0.29) is 17.9 Å². The Kier molecular flexibility index (Phi) is 6.37. The molecule has 26 heavy (non-hydrogen) atoms. The first-order chi connectivity index (χ1) is 12.5. The summed E-state index contributed by atoms with van der Waals surface area (Å²) in [5.74, 6) is 2.06. The minimum absolute atomic E-state index is 0.0198. The van der Waals surface area contributed by atoms with Crippen LogP contribution in [0.1, 0.15) is 36.9 Å². The largest absolute Gasteiger partial charge is 0.490 e. The molecule has 1 aromatic carbocycles. The van der Waals surface area contributed by atoms with Crippen LogP contribution in [0.2, 0.25) is 0 Å². The Morgan fingerprint density at radius 2 is 2.04 bits per heavy atom. The van der Waals surface area contributed by atoms with Gasteiger partial charge in [-0.05, 0) is 30.5 Å². The molecule has 0 saturated carbocycles. The molecule has 0 spiro atoms. The summed E-state index contributed by atoms with van der Waals surface area (Å²) < 4.78 is 12.3. The molecule has 1 aliphatic heterocycles. The average Bonchev–Trinajstić information content (AvgIpc) is 2.89. The van der Waals surface area contributed by atoms with Gasteiger partial charge in [0.2, 0.25) is 5.91 Å². The molecule has 0 radical (unpaired) electrons. The molecule has 0 saturated heterocycles. The number of benzene rings is 1. The summed E-state index contributed by atoms with van der Waals surface area (Å²) in [6, 6.07) is 5.82. The van der Waals surface area contributed by atoms with Crippen LogP contribution in [0.15, 0.2) is 22.5 Å². The van der Waals surface area contributed by atoms with Gasteiger partial charge in [0.25, 0.3) is 0 Å². The number of carbonyl (C=O) groups is 1. The lowest BCUT2D eigenvalue weighted by molar-refractivity contribution is -0.119. The predicted octanol–water partition coefficient (Wildman–Crippen LogP) is 3.61. The number of amides is 1. The Morgan fingerprint density at radius 3 is 2.73 bits per heavy atom. The summed E-state index contributed by atoms with van der Waals surface area (Å²) in [7, 11) is 0. The van der Waals surface area contributed by atoms with Crippen molar-refractivity contribution in [3.63, 3.8) is 0 Å². The molecule has 6 nitrogen and oxygen atoms in total. The van der Waals surface area contributed by atoms with Gasteiger partial charge in [0.05, 0.1) is 25.0 Å². The van der Waals surface area contributed by atoms with E-state index >= 15 is 0 Å². The maximum atomic E-state index is 12.4. The van der Waals surface area contributed by atoms with Crippen molar-refractivity contribution in [1.29, 1.82) is 0 Å². The lowest BCUT2D eigenvalue weighted by Crippen LogP contribution is -2.33. The number of carbonyl (C=O) groups excluding carboxylic acids is 1. The van der Waals surface area contributed by atoms with Crippen molar-refractivity contribution in [1.82, 2.24) is 15.5 Å². The van der Waals surface area contributed by atoms with Gasteiger partial charge in [0.15, 0.2) is 15.8 Å². The molecule has 1 aliphatic rings. The van der Waals surface area contributed by atoms with E-state index in [0.29, 0.717) is 19.0 Å². The minimum Gasteiger partial charge on any atom is -0.490 e. The first-order valence-corrected chi connectivity index (χ1v) is 10.4. The highest BCUT2D eigenvalue weighted by Crippen LogP contribution is 2.34. The van der Waals surface area contributed by atoms with Gasteiger partial charge in [-0.15, -0.1) is 10.2 Å². The van der Waals surface area contributed by atoms with Gasteiger partial charge in [0, 0.05) is 6.42 Å². The maximum absolute atomic E-state index is 12.4. The summed E-state index contributed by atoms with van der Waals surface area (Å²) in [6.07, 6.45) is 0.872. The van der Waals surface area contributed by atoms with E-state index in [1.165, 1.54) is 23.1 Å². The number of nitrogens with zero attached hydrogens (tertiary/aromatic N) is 2. The molecule has 0 fully saturated rings. The molecule has 2 heterocycles. The van der Waals surface area contributed by atoms with Gasteiger partial charge in [0.1, 0.15) is 5.01 Å². The van der Waals surface area contributed by atoms with E-state index in [1.807, 2.05) is 25.1 Å². The zero-order valence-corrected chi connectivity index (χ0v) is 16.8. The van der Waals surface area contributed by atoms with Crippen LogP contribution in [-0.4, -0.2) is 35.1 Å². The molecular weight excluding hydrogens is 370 g/mol. The van der Waals surface area contributed by atoms with Crippen LogP contribution in [0, 0.1) is 12.8 Å². The third-order valence-electron chi connectivity index (χ3n) is 3.95. The number of aryl methyl sites for hydroxylation is 1. The Labute approximate surface area is 161 Å². The number of thioether (sulfide) groups is 1. The summed E-state index contributed by atoms with van der Waals surface area (Å²) in [5.41, 5.74) is 1.02. The second-order valence-corrected chi connectivity index (χ2v) is 8.83. The standard InChI is InChI=1S/C18H23N3O3S2/c1-11(2)17(19-16(22)10-25-18-21-20-12(3)26-18)13-5-6-14-15(9-13)24-8-4-7-23-14/h5-6,9,11,17H,4,7-8,10H2,1-3H3,(H,19,22). The molecule has 2 aromatic rings. The molecule has 1 N–H and O–H groups in total. The fraction of sp³-hybridized carbons (Fsp3) is 0.500. The van der Waals surface area contributed by atoms with E-state index in [2.05, 4.69) is 29.4 Å². The second kappa shape index (κ2) is 8.73. The third kappa shape index (κ3) is 4.88. The highest BCUT2D eigenvalue weighted by Gasteiger charge is 2.21. The topological polar surface area (TPSA) is 73.3 Å². The third-order valence-corrected chi connectivity index (χ3v) is 5.92. The van der Waals surface area contributed by atoms with Crippen LogP contribution in [-0.2, 0) is 4.79 Å². The van der Waals surface area contributed by atoms with E-state index in [9.17, 15) is 4.79 Å². The van der Waals surface area contributed by atoms with Crippen molar-refractivity contribution in [2.24, 2.45) is 5.92 Å². The number of fused-ring (bicyclic) bond motifs is 1. The Hall–Kier alpha value is -1.80. The molecule has 1 unspecified atom stereocenters. The van der Waals surface area contributed by atoms with Crippen molar-refractivity contribution in [3.05, 3.63) is 28.8 Å². The molecule has 0 bridgehead atoms. The number of ether oxygens (including phenoxy) is 2. The van der Waals surface area contributed by atoms with Gasteiger partial charge in [-0.2, -0.15) is 0 Å². The molecular formula is C18H23N3O3S2. The van der Waals surface area contributed by atoms with Crippen molar-refractivity contribution >= 4 is 29.0 Å². The fourth-order valence-corrected chi connectivity index (χ4v) is 4.31. The van der Waals surface area contributed by atoms with Gasteiger partial charge >= 0.3 is 0 Å². The van der Waals surface area contributed by atoms with Crippen molar-refractivity contribution in [2.45, 2.75) is 37.6 Å². The van der Waals surface area contributed by atoms with E-state index in [1.54, 1.807) is 0 Å². The van der Waals surface area contributed by atoms with Gasteiger partial charge in [-0.3, -0.25) is 4.79 Å². The van der Waals surface area contributed by atoms with E-state index in [4.69, 9.17) is 9.47 Å².